The highest BCUT2D eigenvalue weighted by molar-refractivity contribution is 5.86. The molecule has 2 unspecified atom stereocenters. The Kier molecular flexibility index (Phi) is 17.0. The van der Waals surface area contributed by atoms with Gasteiger partial charge >= 0.3 is 17.8 Å². The van der Waals surface area contributed by atoms with E-state index in [1.54, 1.807) is 41.6 Å². The zero-order valence-electron chi connectivity index (χ0n) is 42.1. The van der Waals surface area contributed by atoms with Gasteiger partial charge in [0.05, 0.1) is 31.0 Å². The van der Waals surface area contributed by atoms with E-state index in [9.17, 15) is 23.9 Å². The van der Waals surface area contributed by atoms with Crippen molar-refractivity contribution >= 4 is 29.3 Å². The Morgan fingerprint density at radius 1 is 0.986 bits per heavy atom. The van der Waals surface area contributed by atoms with Crippen molar-refractivity contribution in [2.75, 3.05) is 67.7 Å². The minimum absolute atomic E-state index is 0.0532. The summed E-state index contributed by atoms with van der Waals surface area (Å²) in [5.41, 5.74) is 13.4. The molecule has 8 rings (SSSR count). The predicted molar refractivity (Wildman–Crippen MR) is 270 cm³/mol. The van der Waals surface area contributed by atoms with E-state index in [4.69, 9.17) is 30.4 Å². The Labute approximate surface area is 427 Å². The number of amides is 1. The topological polar surface area (TPSA) is 227 Å². The van der Waals surface area contributed by atoms with Crippen molar-refractivity contribution in [3.8, 4) is 11.4 Å². The van der Waals surface area contributed by atoms with Crippen molar-refractivity contribution in [3.05, 3.63) is 137 Å². The standard InChI is InChI=1S/C52H65F2N12O8/c1-5-47(35(2)67)66-50(69)65(33-59-66)42-13-11-40(12-14-42)61-22-24-62(25-23-61)41-15-17-43(18-16-41)71-28-37-27-52(73-29-37,44-19-10-39(53)26-45(44)54)31-64-34-63(32-58-64)36(3)74-51(70)60(4)48-38(8-7-21-57-48)30-72-49(68)46(56)9-6-20-55/h7-8,10-19,21,26,32-37,46-47,67H,5-6,9,20,22-25,27-31,55-56H2,1-4H3/q+1/t35-,36?,37?,46-,47-,52-/m0/s1. The lowest BCUT2D eigenvalue weighted by Crippen LogP contribution is -2.46. The molecule has 5 N–H and O–H groups in total. The van der Waals surface area contributed by atoms with Crippen LogP contribution in [0, 0.1) is 17.6 Å². The monoisotopic (exact) mass is 1020 g/mol. The molecule has 6 aromatic rings. The van der Waals surface area contributed by atoms with Crippen molar-refractivity contribution in [3.63, 3.8) is 0 Å². The molecule has 0 radical (unpaired) electrons. The molecule has 5 heterocycles. The summed E-state index contributed by atoms with van der Waals surface area (Å²) < 4.78 is 59.7. The van der Waals surface area contributed by atoms with Gasteiger partial charge < -0.3 is 45.3 Å². The number of anilines is 3. The van der Waals surface area contributed by atoms with E-state index in [-0.39, 0.29) is 49.4 Å². The number of hydrogen-bond donors (Lipinski definition) is 3. The van der Waals surface area contributed by atoms with Crippen molar-refractivity contribution in [2.45, 2.75) is 89.6 Å². The number of rotatable bonds is 21. The Bertz CT molecular complexity index is 2890. The second-order valence-electron chi connectivity index (χ2n) is 18.8. The molecule has 0 saturated carbocycles. The molecule has 2 aliphatic heterocycles. The number of hydrogen-bond acceptors (Lipinski definition) is 15. The molecular formula is C52H65F2N12O8+. The van der Waals surface area contributed by atoms with Crippen molar-refractivity contribution < 1.29 is 47.0 Å². The number of aliphatic hydroxyl groups is 1. The quantitative estimate of drug-likeness (QED) is 0.0653. The smallest absolute Gasteiger partial charge is 0.418 e. The Morgan fingerprint density at radius 3 is 2.34 bits per heavy atom. The third-order valence-corrected chi connectivity index (χ3v) is 13.6. The fourth-order valence-corrected chi connectivity index (χ4v) is 9.46. The first-order valence-corrected chi connectivity index (χ1v) is 24.9. The highest BCUT2D eigenvalue weighted by Gasteiger charge is 2.46. The van der Waals surface area contributed by atoms with Gasteiger partial charge in [0.25, 0.3) is 6.33 Å². The van der Waals surface area contributed by atoms with Crippen LogP contribution in [0.5, 0.6) is 5.75 Å². The minimum Gasteiger partial charge on any atom is -0.493 e. The SMILES string of the molecule is CC[C@@H]([C@H](C)O)n1ncn(-c2ccc(N3CCN(c4ccc(OCC5CO[C@@](Cn6c[n+](C(C)OC(=O)N(C)c7ncccc7COC(=O)[C@@H](N)CCCN)cn6)(c6ccc(F)cc6F)C5)cc4)CC3)cc2)c1=O. The maximum atomic E-state index is 15.6. The number of nitrogens with two attached hydrogens (primary N) is 2. The van der Waals surface area contributed by atoms with E-state index in [2.05, 4.69) is 25.0 Å². The zero-order valence-corrected chi connectivity index (χ0v) is 42.1. The van der Waals surface area contributed by atoms with Crippen LogP contribution in [0.2, 0.25) is 0 Å². The van der Waals surface area contributed by atoms with Gasteiger partial charge in [0.15, 0.2) is 0 Å². The van der Waals surface area contributed by atoms with Crippen molar-refractivity contribution in [1.29, 1.82) is 0 Å². The van der Waals surface area contributed by atoms with Gasteiger partial charge in [0.2, 0.25) is 12.6 Å². The second kappa shape index (κ2) is 23.7. The molecule has 2 aliphatic rings. The van der Waals surface area contributed by atoms with Gasteiger partial charge in [0, 0.05) is 85.9 Å². The van der Waals surface area contributed by atoms with Crippen molar-refractivity contribution in [2.24, 2.45) is 17.4 Å². The summed E-state index contributed by atoms with van der Waals surface area (Å²) in [6, 6.07) is 21.3. The molecule has 0 bridgehead atoms. The van der Waals surface area contributed by atoms with Gasteiger partial charge in [0.1, 0.15) is 54.3 Å². The molecule has 1 amide bonds. The number of ether oxygens (including phenoxy) is 4. The largest absolute Gasteiger partial charge is 0.493 e. The zero-order chi connectivity index (χ0) is 52.5. The normalized spacial score (nSPS) is 18.4. The highest BCUT2D eigenvalue weighted by Crippen LogP contribution is 2.42. The summed E-state index contributed by atoms with van der Waals surface area (Å²) in [4.78, 5) is 49.1. The molecule has 2 fully saturated rings. The van der Waals surface area contributed by atoms with Gasteiger partial charge in [-0.1, -0.05) is 19.1 Å². The summed E-state index contributed by atoms with van der Waals surface area (Å²) in [6.07, 6.45) is 5.65. The fourth-order valence-electron chi connectivity index (χ4n) is 9.46. The molecule has 3 aromatic heterocycles. The second-order valence-corrected chi connectivity index (χ2v) is 18.8. The number of benzene rings is 3. The van der Waals surface area contributed by atoms with Crippen LogP contribution in [-0.2, 0) is 37.8 Å². The number of carbonyl (C=O) groups is 2. The minimum atomic E-state index is -1.24. The summed E-state index contributed by atoms with van der Waals surface area (Å²) >= 11 is 0. The number of halogens is 2. The highest BCUT2D eigenvalue weighted by atomic mass is 19.1. The molecule has 0 aliphatic carbocycles. The van der Waals surface area contributed by atoms with Crippen molar-refractivity contribution in [1.82, 2.24) is 29.1 Å². The Hall–Kier alpha value is -7.27. The maximum absolute atomic E-state index is 15.6. The Balaban J connectivity index is 0.844. The average Bonchev–Trinajstić information content (AvgIpc) is 4.16. The van der Waals surface area contributed by atoms with E-state index in [0.29, 0.717) is 49.2 Å². The first-order chi connectivity index (χ1) is 35.7. The maximum Gasteiger partial charge on any atom is 0.418 e. The van der Waals surface area contributed by atoms with Gasteiger partial charge in [-0.25, -0.2) is 32.6 Å². The van der Waals surface area contributed by atoms with Crippen LogP contribution in [0.1, 0.15) is 69.9 Å². The number of carbonyl (C=O) groups excluding carboxylic acids is 2. The average molecular weight is 1020 g/mol. The number of aromatic nitrogens is 7. The van der Waals surface area contributed by atoms with Gasteiger partial charge in [-0.15, -0.1) is 4.68 Å². The third-order valence-electron chi connectivity index (χ3n) is 13.6. The number of nitrogens with zero attached hydrogens (tertiary/aromatic N) is 10. The van der Waals surface area contributed by atoms with E-state index < -0.39 is 53.7 Å². The van der Waals surface area contributed by atoms with E-state index >= 15 is 4.39 Å². The lowest BCUT2D eigenvalue weighted by molar-refractivity contribution is -0.753. The van der Waals surface area contributed by atoms with Gasteiger partial charge in [-0.05, 0) is 99.8 Å². The number of esters is 1. The molecule has 2 saturated heterocycles. The summed E-state index contributed by atoms with van der Waals surface area (Å²) in [5, 5.41) is 18.9. The summed E-state index contributed by atoms with van der Waals surface area (Å²) in [7, 11) is 1.48. The first kappa shape index (κ1) is 53.0. The molecule has 22 heteroatoms. The molecule has 20 nitrogen and oxygen atoms in total. The van der Waals surface area contributed by atoms with Crippen LogP contribution in [0.3, 0.4) is 0 Å². The van der Waals surface area contributed by atoms with E-state index in [0.717, 1.165) is 43.6 Å². The summed E-state index contributed by atoms with van der Waals surface area (Å²) in [6.45, 7) is 9.22. The molecule has 3 aromatic carbocycles. The fraction of sp³-hybridized carbons (Fsp3) is 0.442. The van der Waals surface area contributed by atoms with Crippen LogP contribution in [0.25, 0.3) is 5.69 Å². The number of aliphatic hydroxyl groups excluding tert-OH is 1. The number of piperazine rings is 1. The van der Waals surface area contributed by atoms with Gasteiger partial charge in [-0.3, -0.25) is 9.69 Å². The predicted octanol–water partition coefficient (Wildman–Crippen LogP) is 4.76. The molecule has 394 valence electrons. The van der Waals surface area contributed by atoms with Crippen LogP contribution in [0.4, 0.5) is 30.8 Å². The first-order valence-electron chi connectivity index (χ1n) is 24.9. The third kappa shape index (κ3) is 12.2. The lowest BCUT2D eigenvalue weighted by atomic mass is 9.87. The van der Waals surface area contributed by atoms with Crippen LogP contribution >= 0.6 is 0 Å². The van der Waals surface area contributed by atoms with E-state index in [1.165, 1.54) is 52.2 Å². The summed E-state index contributed by atoms with van der Waals surface area (Å²) in [5.74, 6) is -1.32. The molecular weight excluding hydrogens is 959 g/mol. The Morgan fingerprint density at radius 2 is 1.68 bits per heavy atom. The van der Waals surface area contributed by atoms with E-state index in [1.807, 2.05) is 55.5 Å². The number of pyridine rings is 1. The van der Waals surface area contributed by atoms with Crippen LogP contribution in [-0.4, -0.2) is 111 Å². The lowest BCUT2D eigenvalue weighted by Gasteiger charge is -2.37. The molecule has 6 atom stereocenters. The molecule has 0 spiro atoms. The van der Waals surface area contributed by atoms with Gasteiger partial charge in [-0.2, -0.15) is 9.67 Å². The molecule has 74 heavy (non-hydrogen) atoms. The van der Waals surface area contributed by atoms with Crippen LogP contribution in [0.15, 0.2) is 109 Å². The van der Waals surface area contributed by atoms with Crippen LogP contribution < -0.4 is 41.2 Å².